The largest absolute Gasteiger partial charge is 0.356 e. The lowest BCUT2D eigenvalue weighted by Gasteiger charge is -2.19. The van der Waals surface area contributed by atoms with Crippen molar-refractivity contribution < 1.29 is 8.42 Å². The van der Waals surface area contributed by atoms with Gasteiger partial charge in [0.25, 0.3) is 0 Å². The highest BCUT2D eigenvalue weighted by molar-refractivity contribution is 7.89. The van der Waals surface area contributed by atoms with Gasteiger partial charge in [-0.05, 0) is 30.7 Å². The average Bonchev–Trinajstić information content (AvgIpc) is 3.00. The summed E-state index contributed by atoms with van der Waals surface area (Å²) >= 11 is 0. The second-order valence-electron chi connectivity index (χ2n) is 5.65. The Labute approximate surface area is 124 Å². The summed E-state index contributed by atoms with van der Waals surface area (Å²) in [6.45, 7) is 3.18. The van der Waals surface area contributed by atoms with Gasteiger partial charge in [0, 0.05) is 12.2 Å². The molecule has 2 aliphatic heterocycles. The van der Waals surface area contributed by atoms with Crippen LogP contribution in [0.25, 0.3) is 0 Å². The first-order valence-corrected chi connectivity index (χ1v) is 8.44. The van der Waals surface area contributed by atoms with Crippen LogP contribution in [0.1, 0.15) is 17.2 Å². The van der Waals surface area contributed by atoms with E-state index in [0.29, 0.717) is 18.1 Å². The zero-order valence-electron chi connectivity index (χ0n) is 11.7. The molecule has 4 nitrogen and oxygen atoms in total. The Bertz CT molecular complexity index is 799. The van der Waals surface area contributed by atoms with Gasteiger partial charge < -0.3 is 4.90 Å². The molecule has 2 aromatic carbocycles. The molecule has 0 aliphatic carbocycles. The van der Waals surface area contributed by atoms with Crippen LogP contribution >= 0.6 is 0 Å². The van der Waals surface area contributed by atoms with Crippen molar-refractivity contribution in [3.63, 3.8) is 0 Å². The maximum atomic E-state index is 12.6. The molecule has 1 fully saturated rings. The van der Waals surface area contributed by atoms with E-state index in [1.165, 1.54) is 5.56 Å². The van der Waals surface area contributed by atoms with E-state index in [4.69, 9.17) is 0 Å². The first-order valence-electron chi connectivity index (χ1n) is 7.00. The van der Waals surface area contributed by atoms with Crippen LogP contribution in [-0.2, 0) is 10.0 Å². The van der Waals surface area contributed by atoms with Gasteiger partial charge >= 0.3 is 0 Å². The van der Waals surface area contributed by atoms with E-state index in [2.05, 4.69) is 29.2 Å². The fraction of sp³-hybridized carbons (Fsp3) is 0.250. The van der Waals surface area contributed by atoms with Crippen molar-refractivity contribution in [2.75, 3.05) is 18.1 Å². The van der Waals surface area contributed by atoms with Crippen LogP contribution < -0.4 is 4.90 Å². The zero-order valence-corrected chi connectivity index (χ0v) is 12.5. The van der Waals surface area contributed by atoms with Crippen molar-refractivity contribution >= 4 is 15.7 Å². The van der Waals surface area contributed by atoms with Gasteiger partial charge in [-0.15, -0.1) is 0 Å². The van der Waals surface area contributed by atoms with Crippen molar-refractivity contribution in [1.82, 2.24) is 4.31 Å². The van der Waals surface area contributed by atoms with Gasteiger partial charge in [-0.25, -0.2) is 8.42 Å². The van der Waals surface area contributed by atoms with E-state index < -0.39 is 10.0 Å². The summed E-state index contributed by atoms with van der Waals surface area (Å²) in [5.74, 6) is 0. The third kappa shape index (κ3) is 1.81. The molecule has 21 heavy (non-hydrogen) atoms. The van der Waals surface area contributed by atoms with Gasteiger partial charge in [0.1, 0.15) is 0 Å². The Morgan fingerprint density at radius 1 is 1.05 bits per heavy atom. The fourth-order valence-corrected chi connectivity index (χ4v) is 4.99. The van der Waals surface area contributed by atoms with Gasteiger partial charge in [-0.1, -0.05) is 35.9 Å². The number of fused-ring (bicyclic) bond motifs is 3. The number of hydrogen-bond donors (Lipinski definition) is 0. The third-order valence-corrected chi connectivity index (χ3v) is 6.23. The highest BCUT2D eigenvalue weighted by Gasteiger charge is 2.47. The molecule has 0 saturated carbocycles. The van der Waals surface area contributed by atoms with E-state index in [1.807, 2.05) is 19.1 Å². The van der Waals surface area contributed by atoms with Crippen LogP contribution in [0.2, 0.25) is 0 Å². The van der Waals surface area contributed by atoms with E-state index in [1.54, 1.807) is 16.4 Å². The summed E-state index contributed by atoms with van der Waals surface area (Å²) in [6.07, 6.45) is 0. The van der Waals surface area contributed by atoms with Crippen molar-refractivity contribution in [2.45, 2.75) is 17.9 Å². The van der Waals surface area contributed by atoms with Crippen LogP contribution in [0.3, 0.4) is 0 Å². The molecule has 0 aromatic heterocycles. The highest BCUT2D eigenvalue weighted by Crippen LogP contribution is 2.43. The van der Waals surface area contributed by atoms with Crippen LogP contribution in [-0.4, -0.2) is 25.9 Å². The average molecular weight is 300 g/mol. The monoisotopic (exact) mass is 300 g/mol. The van der Waals surface area contributed by atoms with E-state index in [9.17, 15) is 8.42 Å². The van der Waals surface area contributed by atoms with Crippen molar-refractivity contribution in [3.8, 4) is 0 Å². The molecule has 4 rings (SSSR count). The molecular formula is C16H16N2O2S. The van der Waals surface area contributed by atoms with Gasteiger partial charge in [-0.3, -0.25) is 0 Å². The molecule has 0 amide bonds. The Balaban J connectivity index is 1.73. The summed E-state index contributed by atoms with van der Waals surface area (Å²) in [6, 6.07) is 15.5. The topological polar surface area (TPSA) is 40.6 Å². The molecule has 0 N–H and O–H groups in total. The van der Waals surface area contributed by atoms with Crippen LogP contribution in [0.15, 0.2) is 53.4 Å². The van der Waals surface area contributed by atoms with E-state index >= 15 is 0 Å². The maximum absolute atomic E-state index is 12.6. The molecule has 0 bridgehead atoms. The van der Waals surface area contributed by atoms with Crippen LogP contribution in [0.5, 0.6) is 0 Å². The molecule has 108 valence electrons. The lowest BCUT2D eigenvalue weighted by Crippen LogP contribution is -2.28. The zero-order chi connectivity index (χ0) is 14.6. The second-order valence-corrected chi connectivity index (χ2v) is 7.50. The predicted molar refractivity (Wildman–Crippen MR) is 81.6 cm³/mol. The first kappa shape index (κ1) is 12.9. The van der Waals surface area contributed by atoms with Gasteiger partial charge in [-0.2, -0.15) is 4.31 Å². The maximum Gasteiger partial charge on any atom is 0.245 e. The molecule has 1 unspecified atom stereocenters. The lowest BCUT2D eigenvalue weighted by molar-refractivity contribution is 0.426. The van der Waals surface area contributed by atoms with Gasteiger partial charge in [0.15, 0.2) is 0 Å². The van der Waals surface area contributed by atoms with Crippen LogP contribution in [0.4, 0.5) is 5.69 Å². The number of benzene rings is 2. The third-order valence-electron chi connectivity index (χ3n) is 4.31. The Morgan fingerprint density at radius 3 is 2.52 bits per heavy atom. The summed E-state index contributed by atoms with van der Waals surface area (Å²) < 4.78 is 26.8. The number of hydrogen-bond acceptors (Lipinski definition) is 3. The molecule has 2 heterocycles. The van der Waals surface area contributed by atoms with E-state index in [-0.39, 0.29) is 6.04 Å². The molecule has 2 aliphatic rings. The summed E-state index contributed by atoms with van der Waals surface area (Å²) in [5, 5.41) is 0. The molecule has 2 aromatic rings. The first-order chi connectivity index (χ1) is 10.1. The lowest BCUT2D eigenvalue weighted by atomic mass is 10.1. The van der Waals surface area contributed by atoms with Gasteiger partial charge in [0.05, 0.1) is 17.6 Å². The smallest absolute Gasteiger partial charge is 0.245 e. The second kappa shape index (κ2) is 4.32. The van der Waals surface area contributed by atoms with Crippen molar-refractivity contribution in [1.29, 1.82) is 0 Å². The Morgan fingerprint density at radius 2 is 1.76 bits per heavy atom. The minimum atomic E-state index is -3.34. The summed E-state index contributed by atoms with van der Waals surface area (Å²) in [5.41, 5.74) is 3.20. The Kier molecular flexibility index (Phi) is 2.65. The van der Waals surface area contributed by atoms with Crippen molar-refractivity contribution in [3.05, 3.63) is 59.7 Å². The fourth-order valence-electron chi connectivity index (χ4n) is 3.18. The Hall–Kier alpha value is -1.85. The minimum absolute atomic E-state index is 0.0625. The standard InChI is InChI=1S/C16H16N2O2S/c1-12-6-8-13(9-7-12)17-10-15-14-4-2-3-5-16(14)21(19,20)18(15)11-17/h2-9,15H,10-11H2,1H3. The number of rotatable bonds is 1. The van der Waals surface area contributed by atoms with Gasteiger partial charge in [0.2, 0.25) is 10.0 Å². The number of nitrogens with zero attached hydrogens (tertiary/aromatic N) is 2. The predicted octanol–water partition coefficient (Wildman–Crippen LogP) is 2.52. The number of anilines is 1. The highest BCUT2D eigenvalue weighted by atomic mass is 32.2. The number of sulfonamides is 1. The van der Waals surface area contributed by atoms with Crippen molar-refractivity contribution in [2.24, 2.45) is 0 Å². The molecule has 0 spiro atoms. The molecule has 1 saturated heterocycles. The van der Waals surface area contributed by atoms with E-state index in [0.717, 1.165) is 11.3 Å². The minimum Gasteiger partial charge on any atom is -0.356 e. The molecule has 5 heteroatoms. The SMILES string of the molecule is Cc1ccc(N2CC3c4ccccc4S(=O)(=O)N3C2)cc1. The normalized spacial score (nSPS) is 23.1. The molecule has 0 radical (unpaired) electrons. The quantitative estimate of drug-likeness (QED) is 0.812. The molecule has 1 atom stereocenters. The summed E-state index contributed by atoms with van der Waals surface area (Å²) in [7, 11) is -3.34. The number of aryl methyl sites for hydroxylation is 1. The summed E-state index contributed by atoms with van der Waals surface area (Å²) in [4.78, 5) is 2.59. The van der Waals surface area contributed by atoms with Crippen LogP contribution in [0, 0.1) is 6.92 Å². The molecular weight excluding hydrogens is 284 g/mol.